The number of rotatable bonds is 4. The zero-order valence-corrected chi connectivity index (χ0v) is 15.4. The molecule has 0 saturated carbocycles. The molecule has 0 unspecified atom stereocenters. The lowest BCUT2D eigenvalue weighted by atomic mass is 10.1. The summed E-state index contributed by atoms with van der Waals surface area (Å²) in [6.07, 6.45) is 2.43. The van der Waals surface area contributed by atoms with Crippen LogP contribution in [0.25, 0.3) is 0 Å². The Morgan fingerprint density at radius 3 is 2.71 bits per heavy atom. The number of carbonyl (C=O) groups excluding carboxylic acids is 2. The summed E-state index contributed by atoms with van der Waals surface area (Å²) in [6, 6.07) is 18.3. The molecule has 28 heavy (non-hydrogen) atoms. The molecule has 0 radical (unpaired) electrons. The number of para-hydroxylation sites is 2. The highest BCUT2D eigenvalue weighted by atomic mass is 16.5. The Hall–Kier alpha value is -3.67. The van der Waals surface area contributed by atoms with Gasteiger partial charge in [0.1, 0.15) is 5.82 Å². The number of benzene rings is 2. The van der Waals surface area contributed by atoms with Crippen molar-refractivity contribution in [1.29, 1.82) is 0 Å². The second-order valence-corrected chi connectivity index (χ2v) is 6.43. The van der Waals surface area contributed by atoms with E-state index in [9.17, 15) is 9.59 Å². The lowest BCUT2D eigenvalue weighted by molar-refractivity contribution is 0.0601. The van der Waals surface area contributed by atoms with Crippen molar-refractivity contribution in [2.24, 2.45) is 0 Å². The number of carbonyl (C=O) groups is 2. The van der Waals surface area contributed by atoms with Crippen molar-refractivity contribution < 1.29 is 14.3 Å². The molecule has 0 aliphatic carbocycles. The van der Waals surface area contributed by atoms with Crippen molar-refractivity contribution in [2.45, 2.75) is 6.42 Å². The molecule has 1 aliphatic heterocycles. The molecule has 2 aromatic carbocycles. The number of aromatic nitrogens is 1. The van der Waals surface area contributed by atoms with Gasteiger partial charge in [0.2, 0.25) is 0 Å². The van der Waals surface area contributed by atoms with E-state index in [4.69, 9.17) is 4.74 Å². The van der Waals surface area contributed by atoms with Gasteiger partial charge in [0, 0.05) is 24.0 Å². The van der Waals surface area contributed by atoms with Crippen LogP contribution in [0.3, 0.4) is 0 Å². The molecule has 2 heterocycles. The predicted molar refractivity (Wildman–Crippen MR) is 107 cm³/mol. The van der Waals surface area contributed by atoms with E-state index < -0.39 is 5.97 Å². The van der Waals surface area contributed by atoms with Crippen molar-refractivity contribution in [2.75, 3.05) is 23.9 Å². The highest BCUT2D eigenvalue weighted by Gasteiger charge is 2.25. The third kappa shape index (κ3) is 3.32. The van der Waals surface area contributed by atoms with Gasteiger partial charge in [-0.1, -0.05) is 30.3 Å². The van der Waals surface area contributed by atoms with Crippen molar-refractivity contribution in [3.8, 4) is 0 Å². The topological polar surface area (TPSA) is 71.5 Å². The Labute approximate surface area is 162 Å². The maximum atomic E-state index is 13.0. The third-order valence-electron chi connectivity index (χ3n) is 4.73. The first-order chi connectivity index (χ1) is 13.7. The number of pyridine rings is 1. The molecule has 3 aromatic rings. The number of hydrogen-bond donors (Lipinski definition) is 1. The molecule has 1 aromatic heterocycles. The number of methoxy groups -OCH3 is 1. The first-order valence-corrected chi connectivity index (χ1v) is 8.97. The van der Waals surface area contributed by atoms with E-state index in [1.54, 1.807) is 41.4 Å². The number of nitrogens with zero attached hydrogens (tertiary/aromatic N) is 2. The normalized spacial score (nSPS) is 12.4. The molecule has 0 saturated heterocycles. The van der Waals surface area contributed by atoms with Gasteiger partial charge in [0.25, 0.3) is 5.91 Å². The molecule has 0 bridgehead atoms. The van der Waals surface area contributed by atoms with E-state index in [2.05, 4.69) is 10.3 Å². The summed E-state index contributed by atoms with van der Waals surface area (Å²) < 4.78 is 4.82. The van der Waals surface area contributed by atoms with E-state index in [1.807, 2.05) is 30.3 Å². The third-order valence-corrected chi connectivity index (χ3v) is 4.73. The van der Waals surface area contributed by atoms with Crippen LogP contribution in [0.5, 0.6) is 0 Å². The molecule has 140 valence electrons. The van der Waals surface area contributed by atoms with E-state index in [0.29, 0.717) is 29.2 Å². The van der Waals surface area contributed by atoms with E-state index in [1.165, 1.54) is 12.7 Å². The fourth-order valence-electron chi connectivity index (χ4n) is 3.36. The molecule has 6 nitrogen and oxygen atoms in total. The summed E-state index contributed by atoms with van der Waals surface area (Å²) >= 11 is 0. The van der Waals surface area contributed by atoms with Gasteiger partial charge >= 0.3 is 5.97 Å². The largest absolute Gasteiger partial charge is 0.465 e. The van der Waals surface area contributed by atoms with Gasteiger partial charge in [-0.05, 0) is 42.3 Å². The predicted octanol–water partition coefficient (Wildman–Crippen LogP) is 3.81. The zero-order valence-electron chi connectivity index (χ0n) is 15.4. The van der Waals surface area contributed by atoms with E-state index in [-0.39, 0.29) is 5.91 Å². The van der Waals surface area contributed by atoms with Crippen molar-refractivity contribution in [1.82, 2.24) is 4.98 Å². The average Bonchev–Trinajstić information content (AvgIpc) is 3.17. The number of hydrogen-bond acceptors (Lipinski definition) is 5. The fourth-order valence-corrected chi connectivity index (χ4v) is 3.36. The van der Waals surface area contributed by atoms with Crippen LogP contribution in [-0.2, 0) is 11.2 Å². The van der Waals surface area contributed by atoms with Crippen LogP contribution in [-0.4, -0.2) is 30.5 Å². The number of anilines is 3. The number of amides is 1. The summed E-state index contributed by atoms with van der Waals surface area (Å²) in [5.74, 6) is -0.0321. The maximum absolute atomic E-state index is 13.0. The van der Waals surface area contributed by atoms with Crippen molar-refractivity contribution in [3.05, 3.63) is 83.6 Å². The second kappa shape index (κ2) is 7.52. The summed E-state index contributed by atoms with van der Waals surface area (Å²) in [7, 11) is 1.34. The van der Waals surface area contributed by atoms with E-state index >= 15 is 0 Å². The SMILES string of the molecule is COC(=O)c1ccccc1Nc1cc(C(=O)N2CCc3ccccc32)ccn1. The Morgan fingerprint density at radius 1 is 1.07 bits per heavy atom. The van der Waals surface area contributed by atoms with Gasteiger partial charge in [0.05, 0.1) is 18.4 Å². The summed E-state index contributed by atoms with van der Waals surface area (Å²) in [6.45, 7) is 0.661. The van der Waals surface area contributed by atoms with Crippen LogP contribution in [0.2, 0.25) is 0 Å². The number of ether oxygens (including phenoxy) is 1. The van der Waals surface area contributed by atoms with Crippen LogP contribution in [0.1, 0.15) is 26.3 Å². The molecular weight excluding hydrogens is 354 g/mol. The summed E-state index contributed by atoms with van der Waals surface area (Å²) in [5.41, 5.74) is 3.63. The van der Waals surface area contributed by atoms with Crippen LogP contribution in [0.15, 0.2) is 66.9 Å². The minimum Gasteiger partial charge on any atom is -0.465 e. The number of esters is 1. The number of fused-ring (bicyclic) bond motifs is 1. The minimum atomic E-state index is -0.441. The van der Waals surface area contributed by atoms with Gasteiger partial charge < -0.3 is 15.0 Å². The maximum Gasteiger partial charge on any atom is 0.339 e. The Balaban J connectivity index is 1.60. The zero-order chi connectivity index (χ0) is 19.5. The minimum absolute atomic E-state index is 0.0725. The van der Waals surface area contributed by atoms with Crippen LogP contribution in [0, 0.1) is 0 Å². The molecule has 0 spiro atoms. The molecule has 1 amide bonds. The monoisotopic (exact) mass is 373 g/mol. The van der Waals surface area contributed by atoms with Gasteiger partial charge in [-0.3, -0.25) is 4.79 Å². The molecule has 0 fully saturated rings. The Kier molecular flexibility index (Phi) is 4.76. The standard InChI is InChI=1S/C22H19N3O3/c1-28-22(27)17-7-3-4-8-18(17)24-20-14-16(10-12-23-20)21(26)25-13-11-15-6-2-5-9-19(15)25/h2-10,12,14H,11,13H2,1H3,(H,23,24). The summed E-state index contributed by atoms with van der Waals surface area (Å²) in [5, 5.41) is 3.11. The lowest BCUT2D eigenvalue weighted by Crippen LogP contribution is -2.28. The average molecular weight is 373 g/mol. The first kappa shape index (κ1) is 17.7. The second-order valence-electron chi connectivity index (χ2n) is 6.43. The van der Waals surface area contributed by atoms with Gasteiger partial charge in [-0.2, -0.15) is 0 Å². The van der Waals surface area contributed by atoms with Gasteiger partial charge in [0.15, 0.2) is 0 Å². The van der Waals surface area contributed by atoms with Gasteiger partial charge in [-0.25, -0.2) is 9.78 Å². The molecule has 4 rings (SSSR count). The first-order valence-electron chi connectivity index (χ1n) is 8.97. The lowest BCUT2D eigenvalue weighted by Gasteiger charge is -2.18. The Morgan fingerprint density at radius 2 is 1.86 bits per heavy atom. The van der Waals surface area contributed by atoms with E-state index in [0.717, 1.165) is 12.1 Å². The number of nitrogens with one attached hydrogen (secondary N) is 1. The quantitative estimate of drug-likeness (QED) is 0.704. The van der Waals surface area contributed by atoms with Crippen LogP contribution < -0.4 is 10.2 Å². The fraction of sp³-hybridized carbons (Fsp3) is 0.136. The van der Waals surface area contributed by atoms with Crippen molar-refractivity contribution >= 4 is 29.1 Å². The highest BCUT2D eigenvalue weighted by molar-refractivity contribution is 6.07. The smallest absolute Gasteiger partial charge is 0.339 e. The molecule has 1 N–H and O–H groups in total. The molecule has 6 heteroatoms. The molecule has 1 aliphatic rings. The van der Waals surface area contributed by atoms with Crippen molar-refractivity contribution in [3.63, 3.8) is 0 Å². The summed E-state index contributed by atoms with van der Waals surface area (Å²) in [4.78, 5) is 31.0. The van der Waals surface area contributed by atoms with Gasteiger partial charge in [-0.15, -0.1) is 0 Å². The molecule has 0 atom stereocenters. The van der Waals surface area contributed by atoms with Crippen LogP contribution in [0.4, 0.5) is 17.2 Å². The molecular formula is C22H19N3O3. The van der Waals surface area contributed by atoms with Crippen LogP contribution >= 0.6 is 0 Å². The Bertz CT molecular complexity index is 1050. The highest BCUT2D eigenvalue weighted by Crippen LogP contribution is 2.29.